The van der Waals surface area contributed by atoms with E-state index >= 15 is 0 Å². The van der Waals surface area contributed by atoms with E-state index in [1.807, 2.05) is 0 Å². The SMILES string of the molecule is CC(=O)NCCCCO/N=C1\C=C[C@@]2(C)C(=C1)[C@@H](C)C[C@@H]1[C@@H]2[C@@H](O)C[C@@]2(C)[C@H]1CC[C@@]21OCOC12COCO2. The minimum absolute atomic E-state index is 0.00981. The Kier molecular flexibility index (Phi) is 6.98. The first-order valence-corrected chi connectivity index (χ1v) is 14.7. The number of allylic oxidation sites excluding steroid dienone is 4. The van der Waals surface area contributed by atoms with Crippen molar-refractivity contribution in [2.45, 2.75) is 83.7 Å². The van der Waals surface area contributed by atoms with Crippen molar-refractivity contribution in [3.05, 3.63) is 23.8 Å². The Morgan fingerprint density at radius 1 is 1.23 bits per heavy atom. The van der Waals surface area contributed by atoms with Gasteiger partial charge >= 0.3 is 0 Å². The predicted molar refractivity (Wildman–Crippen MR) is 143 cm³/mol. The van der Waals surface area contributed by atoms with Gasteiger partial charge in [0.25, 0.3) is 0 Å². The van der Waals surface area contributed by atoms with Crippen LogP contribution in [-0.4, -0.2) is 67.6 Å². The van der Waals surface area contributed by atoms with Crippen LogP contribution in [0.4, 0.5) is 0 Å². The molecule has 216 valence electrons. The van der Waals surface area contributed by atoms with Crippen molar-refractivity contribution < 1.29 is 33.7 Å². The molecule has 5 fully saturated rings. The minimum Gasteiger partial charge on any atom is -0.395 e. The molecule has 3 saturated carbocycles. The monoisotopic (exact) mass is 544 g/mol. The van der Waals surface area contributed by atoms with Crippen LogP contribution in [0.2, 0.25) is 0 Å². The highest BCUT2D eigenvalue weighted by molar-refractivity contribution is 6.05. The van der Waals surface area contributed by atoms with Crippen LogP contribution in [0, 0.1) is 34.5 Å². The molecule has 39 heavy (non-hydrogen) atoms. The second-order valence-corrected chi connectivity index (χ2v) is 13.0. The highest BCUT2D eigenvalue weighted by Crippen LogP contribution is 2.71. The summed E-state index contributed by atoms with van der Waals surface area (Å²) >= 11 is 0. The maximum Gasteiger partial charge on any atom is 0.226 e. The van der Waals surface area contributed by atoms with Crippen molar-refractivity contribution in [3.8, 4) is 0 Å². The number of amides is 1. The van der Waals surface area contributed by atoms with Crippen molar-refractivity contribution in [2.75, 3.05) is 33.3 Å². The second kappa shape index (κ2) is 9.94. The topological polar surface area (TPSA) is 108 Å². The average molecular weight is 545 g/mol. The van der Waals surface area contributed by atoms with E-state index in [0.29, 0.717) is 43.9 Å². The first kappa shape index (κ1) is 27.4. The fourth-order valence-electron chi connectivity index (χ4n) is 9.47. The molecule has 9 heteroatoms. The lowest BCUT2D eigenvalue weighted by Crippen LogP contribution is -2.66. The molecule has 2 heterocycles. The summed E-state index contributed by atoms with van der Waals surface area (Å²) in [5.74, 6) is 0.360. The molecule has 4 aliphatic carbocycles. The molecule has 1 unspecified atom stereocenters. The Morgan fingerprint density at radius 3 is 2.82 bits per heavy atom. The predicted octanol–water partition coefficient (Wildman–Crippen LogP) is 3.67. The summed E-state index contributed by atoms with van der Waals surface area (Å²) < 4.78 is 24.4. The van der Waals surface area contributed by atoms with Gasteiger partial charge in [-0.05, 0) is 68.4 Å². The van der Waals surface area contributed by atoms with Crippen molar-refractivity contribution in [1.82, 2.24) is 5.32 Å². The summed E-state index contributed by atoms with van der Waals surface area (Å²) in [6.45, 7) is 10.4. The third-order valence-corrected chi connectivity index (χ3v) is 11.0. The van der Waals surface area contributed by atoms with Gasteiger partial charge in [0.15, 0.2) is 13.6 Å². The van der Waals surface area contributed by atoms with Gasteiger partial charge in [0.2, 0.25) is 11.7 Å². The number of nitrogens with one attached hydrogen (secondary N) is 1. The fraction of sp³-hybridized carbons (Fsp3) is 0.800. The molecular formula is C30H44N2O7. The number of rotatable bonds is 6. The van der Waals surface area contributed by atoms with Crippen LogP contribution >= 0.6 is 0 Å². The third-order valence-electron chi connectivity index (χ3n) is 11.0. The highest BCUT2D eigenvalue weighted by Gasteiger charge is 2.76. The van der Waals surface area contributed by atoms with Gasteiger partial charge in [-0.25, -0.2) is 0 Å². The Hall–Kier alpha value is -1.78. The standard InChI is InChI=1S/C30H44N2O7/c1-19-13-22-23-8-10-29(30(38-18-36-29)16-35-17-37-30)28(23,4)15-25(34)26(22)27(3)9-7-21(14-24(19)27)32-39-12-6-5-11-31-20(2)33/h7,9,14,19,22-23,25-26,34H,5-6,8,10-13,15-18H2,1-4H3,(H,31,33)/b32-21+/t19-,22-,23-,25-,26+,27-,28-,29+,30?/m0/s1. The zero-order valence-electron chi connectivity index (χ0n) is 23.7. The number of nitrogens with zero attached hydrogens (tertiary/aromatic N) is 1. The number of carbonyl (C=O) groups is 1. The first-order valence-electron chi connectivity index (χ1n) is 14.7. The summed E-state index contributed by atoms with van der Waals surface area (Å²) in [5.41, 5.74) is 1.04. The molecule has 2 saturated heterocycles. The van der Waals surface area contributed by atoms with E-state index in [9.17, 15) is 9.90 Å². The van der Waals surface area contributed by atoms with Crippen LogP contribution in [-0.2, 0) is 28.6 Å². The number of aliphatic hydroxyl groups is 1. The van der Waals surface area contributed by atoms with Crippen molar-refractivity contribution in [2.24, 2.45) is 39.7 Å². The van der Waals surface area contributed by atoms with Gasteiger partial charge < -0.3 is 34.2 Å². The Bertz CT molecular complexity index is 1060. The Morgan fingerprint density at radius 2 is 2.05 bits per heavy atom. The maximum absolute atomic E-state index is 11.9. The van der Waals surface area contributed by atoms with Gasteiger partial charge in [0, 0.05) is 30.2 Å². The molecule has 2 spiro atoms. The fourth-order valence-corrected chi connectivity index (χ4v) is 9.47. The molecule has 0 aromatic carbocycles. The van der Waals surface area contributed by atoms with Crippen LogP contribution in [0.25, 0.3) is 0 Å². The molecule has 0 radical (unpaired) electrons. The molecule has 1 amide bonds. The summed E-state index contributed by atoms with van der Waals surface area (Å²) in [5, 5.41) is 19.1. The number of fused-ring (bicyclic) bond motifs is 7. The minimum atomic E-state index is -0.877. The van der Waals surface area contributed by atoms with Crippen molar-refractivity contribution in [3.63, 3.8) is 0 Å². The lowest BCUT2D eigenvalue weighted by molar-refractivity contribution is -0.256. The molecule has 0 aromatic heterocycles. The van der Waals surface area contributed by atoms with Crippen LogP contribution in [0.1, 0.15) is 66.2 Å². The quantitative estimate of drug-likeness (QED) is 0.388. The van der Waals surface area contributed by atoms with Crippen molar-refractivity contribution >= 4 is 11.6 Å². The lowest BCUT2D eigenvalue weighted by Gasteiger charge is -2.62. The van der Waals surface area contributed by atoms with Crippen molar-refractivity contribution in [1.29, 1.82) is 0 Å². The summed E-state index contributed by atoms with van der Waals surface area (Å²) in [6, 6.07) is 0. The van der Waals surface area contributed by atoms with Crippen LogP contribution in [0.15, 0.2) is 29.0 Å². The molecule has 2 aliphatic heterocycles. The molecule has 0 bridgehead atoms. The van der Waals surface area contributed by atoms with Crippen LogP contribution in [0.5, 0.6) is 0 Å². The highest BCUT2D eigenvalue weighted by atomic mass is 16.9. The molecule has 9 atom stereocenters. The zero-order valence-corrected chi connectivity index (χ0v) is 23.7. The van der Waals surface area contributed by atoms with Gasteiger partial charge in [-0.2, -0.15) is 0 Å². The molecule has 9 nitrogen and oxygen atoms in total. The number of hydrogen-bond acceptors (Lipinski definition) is 8. The van der Waals surface area contributed by atoms with Gasteiger partial charge in [0.05, 0.1) is 6.10 Å². The molecule has 2 N–H and O–H groups in total. The van der Waals surface area contributed by atoms with Gasteiger partial charge in [-0.3, -0.25) is 4.79 Å². The largest absolute Gasteiger partial charge is 0.395 e. The zero-order chi connectivity index (χ0) is 27.5. The number of carbonyl (C=O) groups excluding carboxylic acids is 1. The van der Waals surface area contributed by atoms with Gasteiger partial charge in [0.1, 0.15) is 24.5 Å². The smallest absolute Gasteiger partial charge is 0.226 e. The van der Waals surface area contributed by atoms with E-state index in [2.05, 4.69) is 49.5 Å². The maximum atomic E-state index is 11.9. The van der Waals surface area contributed by atoms with Gasteiger partial charge in [-0.15, -0.1) is 0 Å². The normalized spacial score (nSPS) is 47.3. The molecular weight excluding hydrogens is 500 g/mol. The second-order valence-electron chi connectivity index (χ2n) is 13.0. The van der Waals surface area contributed by atoms with Crippen LogP contribution < -0.4 is 5.32 Å². The van der Waals surface area contributed by atoms with E-state index in [4.69, 9.17) is 23.8 Å². The third kappa shape index (κ3) is 4.06. The lowest BCUT2D eigenvalue weighted by atomic mass is 9.44. The summed E-state index contributed by atoms with van der Waals surface area (Å²) in [7, 11) is 0. The van der Waals surface area contributed by atoms with Gasteiger partial charge in [-0.1, -0.05) is 37.6 Å². The Balaban J connectivity index is 1.20. The number of unbranched alkanes of at least 4 members (excludes halogenated alkanes) is 1. The van der Waals surface area contributed by atoms with E-state index < -0.39 is 17.5 Å². The number of aliphatic hydroxyl groups excluding tert-OH is 1. The molecule has 0 aromatic rings. The molecule has 6 rings (SSSR count). The summed E-state index contributed by atoms with van der Waals surface area (Å²) in [4.78, 5) is 16.6. The summed E-state index contributed by atoms with van der Waals surface area (Å²) in [6.07, 6.45) is 11.3. The van der Waals surface area contributed by atoms with E-state index in [1.54, 1.807) is 0 Å². The van der Waals surface area contributed by atoms with E-state index in [-0.39, 0.29) is 36.2 Å². The van der Waals surface area contributed by atoms with E-state index in [1.165, 1.54) is 12.5 Å². The number of ether oxygens (including phenoxy) is 4. The number of oxime groups is 1. The Labute approximate surface area is 231 Å². The number of hydrogen-bond donors (Lipinski definition) is 2. The van der Waals surface area contributed by atoms with Crippen LogP contribution in [0.3, 0.4) is 0 Å². The average Bonchev–Trinajstić information content (AvgIpc) is 3.58. The molecule has 6 aliphatic rings. The van der Waals surface area contributed by atoms with E-state index in [0.717, 1.165) is 37.8 Å². The first-order chi connectivity index (χ1) is 18.7.